The first kappa shape index (κ1) is 10.4. The molecule has 0 amide bonds. The van der Waals surface area contributed by atoms with Gasteiger partial charge in [0.1, 0.15) is 0 Å². The van der Waals surface area contributed by atoms with Crippen LogP contribution in [0.25, 0.3) is 10.8 Å². The summed E-state index contributed by atoms with van der Waals surface area (Å²) in [6.07, 6.45) is 0. The summed E-state index contributed by atoms with van der Waals surface area (Å²) in [5.41, 5.74) is 1.30. The number of hydrogen-bond acceptors (Lipinski definition) is 0. The Morgan fingerprint density at radius 1 is 1.08 bits per heavy atom. The van der Waals surface area contributed by atoms with Crippen molar-refractivity contribution in [2.24, 2.45) is 0 Å². The quantitative estimate of drug-likeness (QED) is 0.394. The molecule has 2 aromatic carbocycles. The van der Waals surface area contributed by atoms with E-state index in [0.717, 1.165) is 0 Å². The van der Waals surface area contributed by atoms with Crippen molar-refractivity contribution in [3.05, 3.63) is 48.0 Å². The van der Waals surface area contributed by atoms with E-state index in [1.54, 1.807) is 0 Å². The van der Waals surface area contributed by atoms with Crippen molar-refractivity contribution in [1.29, 1.82) is 0 Å². The van der Waals surface area contributed by atoms with Gasteiger partial charge in [-0.3, -0.25) is 0 Å². The van der Waals surface area contributed by atoms with Crippen LogP contribution in [0.1, 0.15) is 5.56 Å². The zero-order valence-corrected chi connectivity index (χ0v) is 10.6. The topological polar surface area (TPSA) is 0 Å². The van der Waals surface area contributed by atoms with Gasteiger partial charge in [0.2, 0.25) is 0 Å². The van der Waals surface area contributed by atoms with Crippen LogP contribution < -0.4 is 51.4 Å². The maximum Gasteiger partial charge on any atom is 1.00 e. The molecule has 0 bridgehead atoms. The fraction of sp³-hybridized carbons (Fsp3) is 0.0909. The average molecular weight is 180 g/mol. The number of rotatable bonds is 0. The van der Waals surface area contributed by atoms with Gasteiger partial charge in [0, 0.05) is 0 Å². The molecule has 0 spiro atoms. The summed E-state index contributed by atoms with van der Waals surface area (Å²) in [6, 6.07) is 15.5. The first-order valence-corrected chi connectivity index (χ1v) is 3.73. The molecule has 0 nitrogen and oxygen atoms in total. The molecule has 0 radical (unpaired) electrons. The standard InChI is InChI=1S/C11H9.K/c1-9-6-7-10-4-2-3-5-11(10)8-9;/h2,4-8H,1H3;/q-1;+1. The number of hydrogen-bond donors (Lipinski definition) is 0. The van der Waals surface area contributed by atoms with Crippen molar-refractivity contribution in [3.8, 4) is 0 Å². The molecule has 0 N–H and O–H groups in total. The fourth-order valence-electron chi connectivity index (χ4n) is 1.25. The van der Waals surface area contributed by atoms with Crippen LogP contribution in [0.3, 0.4) is 0 Å². The Morgan fingerprint density at radius 3 is 2.75 bits per heavy atom. The normalized spacial score (nSPS) is 9.42. The van der Waals surface area contributed by atoms with Crippen molar-refractivity contribution in [1.82, 2.24) is 0 Å². The van der Waals surface area contributed by atoms with Crippen molar-refractivity contribution in [2.45, 2.75) is 6.92 Å². The first-order chi connectivity index (χ1) is 5.36. The van der Waals surface area contributed by atoms with E-state index in [4.69, 9.17) is 0 Å². The summed E-state index contributed by atoms with van der Waals surface area (Å²) in [7, 11) is 0. The van der Waals surface area contributed by atoms with E-state index in [9.17, 15) is 0 Å². The molecule has 1 heteroatoms. The molecule has 0 aliphatic heterocycles. The minimum atomic E-state index is 0. The van der Waals surface area contributed by atoms with Gasteiger partial charge in [-0.1, -0.05) is 17.7 Å². The van der Waals surface area contributed by atoms with Crippen LogP contribution in [0, 0.1) is 13.0 Å². The van der Waals surface area contributed by atoms with E-state index < -0.39 is 0 Å². The average Bonchev–Trinajstić information content (AvgIpc) is 2.04. The van der Waals surface area contributed by atoms with Crippen molar-refractivity contribution < 1.29 is 51.4 Å². The minimum Gasteiger partial charge on any atom is -0.183 e. The molecule has 0 saturated carbocycles. The van der Waals surface area contributed by atoms with E-state index >= 15 is 0 Å². The van der Waals surface area contributed by atoms with Crippen LogP contribution >= 0.6 is 0 Å². The van der Waals surface area contributed by atoms with Crippen LogP contribution in [-0.2, 0) is 0 Å². The van der Waals surface area contributed by atoms with E-state index in [0.29, 0.717) is 0 Å². The molecule has 2 aromatic rings. The Morgan fingerprint density at radius 2 is 1.92 bits per heavy atom. The molecule has 0 heterocycles. The summed E-state index contributed by atoms with van der Waals surface area (Å²) in [5, 5.41) is 2.56. The fourth-order valence-corrected chi connectivity index (χ4v) is 1.25. The Kier molecular flexibility index (Phi) is 3.94. The Labute approximate surface area is 115 Å². The molecular formula is C11H9K. The van der Waals surface area contributed by atoms with E-state index in [-0.39, 0.29) is 51.4 Å². The van der Waals surface area contributed by atoms with Gasteiger partial charge in [-0.05, 0) is 6.92 Å². The van der Waals surface area contributed by atoms with Crippen molar-refractivity contribution in [3.63, 3.8) is 0 Å². The van der Waals surface area contributed by atoms with E-state index in [2.05, 4.69) is 37.3 Å². The number of benzene rings is 2. The third-order valence-corrected chi connectivity index (χ3v) is 1.84. The molecule has 54 valence electrons. The largest absolute Gasteiger partial charge is 1.00 e. The summed E-state index contributed by atoms with van der Waals surface area (Å²) < 4.78 is 0. The number of fused-ring (bicyclic) bond motifs is 1. The monoisotopic (exact) mass is 180 g/mol. The predicted molar refractivity (Wildman–Crippen MR) is 47.5 cm³/mol. The van der Waals surface area contributed by atoms with Crippen LogP contribution in [0.15, 0.2) is 36.4 Å². The van der Waals surface area contributed by atoms with Crippen LogP contribution in [-0.4, -0.2) is 0 Å². The maximum absolute atomic E-state index is 3.06. The van der Waals surface area contributed by atoms with Gasteiger partial charge in [0.05, 0.1) is 0 Å². The van der Waals surface area contributed by atoms with Crippen LogP contribution in [0.5, 0.6) is 0 Å². The van der Waals surface area contributed by atoms with E-state index in [1.807, 2.05) is 12.1 Å². The molecule has 2 rings (SSSR count). The zero-order valence-electron chi connectivity index (χ0n) is 7.46. The molecule has 0 aliphatic carbocycles. The molecule has 12 heavy (non-hydrogen) atoms. The maximum atomic E-state index is 3.06. The first-order valence-electron chi connectivity index (χ1n) is 3.73. The number of aryl methyl sites for hydroxylation is 1. The van der Waals surface area contributed by atoms with Crippen LogP contribution in [0.2, 0.25) is 0 Å². The molecule has 0 aromatic heterocycles. The van der Waals surface area contributed by atoms with Crippen molar-refractivity contribution in [2.75, 3.05) is 0 Å². The summed E-state index contributed by atoms with van der Waals surface area (Å²) in [6.45, 7) is 2.10. The Bertz CT molecular complexity index is 379. The molecule has 0 atom stereocenters. The molecule has 0 unspecified atom stereocenters. The summed E-state index contributed by atoms with van der Waals surface area (Å²) in [5.74, 6) is 0. The van der Waals surface area contributed by atoms with Gasteiger partial charge in [-0.2, -0.15) is 24.3 Å². The third-order valence-electron chi connectivity index (χ3n) is 1.84. The van der Waals surface area contributed by atoms with Gasteiger partial charge in [-0.25, -0.2) is 0 Å². The van der Waals surface area contributed by atoms with Crippen LogP contribution in [0.4, 0.5) is 0 Å². The second-order valence-electron chi connectivity index (χ2n) is 2.78. The molecule has 0 saturated heterocycles. The minimum absolute atomic E-state index is 0. The zero-order chi connectivity index (χ0) is 7.68. The molecular weight excluding hydrogens is 171 g/mol. The van der Waals surface area contributed by atoms with Gasteiger partial charge >= 0.3 is 51.4 Å². The van der Waals surface area contributed by atoms with Gasteiger partial charge in [0.15, 0.2) is 0 Å². The van der Waals surface area contributed by atoms with Gasteiger partial charge in [0.25, 0.3) is 0 Å². The van der Waals surface area contributed by atoms with Crippen molar-refractivity contribution >= 4 is 10.8 Å². The summed E-state index contributed by atoms with van der Waals surface area (Å²) >= 11 is 0. The summed E-state index contributed by atoms with van der Waals surface area (Å²) in [4.78, 5) is 0. The van der Waals surface area contributed by atoms with E-state index in [1.165, 1.54) is 16.3 Å². The van der Waals surface area contributed by atoms with Gasteiger partial charge < -0.3 is 0 Å². The smallest absolute Gasteiger partial charge is 0.183 e. The molecule has 0 aliphatic rings. The molecule has 0 fully saturated rings. The second-order valence-corrected chi connectivity index (χ2v) is 2.78. The predicted octanol–water partition coefficient (Wildman–Crippen LogP) is -0.0476. The third kappa shape index (κ3) is 2.18. The van der Waals surface area contributed by atoms with Gasteiger partial charge in [-0.15, -0.1) is 16.8 Å². The SMILES string of the molecule is Cc1ccc2cc[c-]cc2c1.[K+]. The second kappa shape index (κ2) is 4.54. The Balaban J connectivity index is 0.000000720. The Hall–Kier alpha value is 0.336.